The van der Waals surface area contributed by atoms with Crippen molar-refractivity contribution in [2.75, 3.05) is 11.9 Å². The molecule has 0 unspecified atom stereocenters. The molecule has 1 heterocycles. The van der Waals surface area contributed by atoms with Gasteiger partial charge in [0.25, 0.3) is 5.91 Å². The molecule has 0 fully saturated rings. The molecule has 0 saturated heterocycles. The van der Waals surface area contributed by atoms with Gasteiger partial charge in [0.15, 0.2) is 6.61 Å². The number of amides is 1. The smallest absolute Gasteiger partial charge is 0.262 e. The topological polar surface area (TPSA) is 38.3 Å². The normalized spacial score (nSPS) is 9.80. The molecule has 0 spiro atoms. The van der Waals surface area contributed by atoms with Crippen molar-refractivity contribution in [2.45, 2.75) is 6.92 Å². The lowest BCUT2D eigenvalue weighted by Gasteiger charge is -2.08. The van der Waals surface area contributed by atoms with Gasteiger partial charge in [-0.15, -0.1) is 11.3 Å². The predicted molar refractivity (Wildman–Crippen MR) is 102 cm³/mol. The van der Waals surface area contributed by atoms with Gasteiger partial charge in [-0.3, -0.25) is 4.79 Å². The summed E-state index contributed by atoms with van der Waals surface area (Å²) in [5, 5.41) is 4.82. The Morgan fingerprint density at radius 2 is 1.92 bits per heavy atom. The first-order valence-electron chi connectivity index (χ1n) is 7.84. The van der Waals surface area contributed by atoms with E-state index in [2.05, 4.69) is 17.2 Å². The van der Waals surface area contributed by atoms with Crippen molar-refractivity contribution in [3.8, 4) is 17.6 Å². The maximum absolute atomic E-state index is 12.0. The largest absolute Gasteiger partial charge is 0.484 e. The second-order valence-electron chi connectivity index (χ2n) is 5.46. The van der Waals surface area contributed by atoms with Gasteiger partial charge in [-0.1, -0.05) is 41.7 Å². The highest BCUT2D eigenvalue weighted by Crippen LogP contribution is 2.13. The summed E-state index contributed by atoms with van der Waals surface area (Å²) in [6.45, 7) is 1.97. The molecule has 0 bridgehead atoms. The number of nitrogens with one attached hydrogen (secondary N) is 1. The van der Waals surface area contributed by atoms with E-state index < -0.39 is 0 Å². The summed E-state index contributed by atoms with van der Waals surface area (Å²) in [6, 6.07) is 19.0. The average molecular weight is 347 g/mol. The Morgan fingerprint density at radius 1 is 1.08 bits per heavy atom. The van der Waals surface area contributed by atoms with Gasteiger partial charge in [0.05, 0.1) is 4.88 Å². The Morgan fingerprint density at radius 3 is 2.68 bits per heavy atom. The Kier molecular flexibility index (Phi) is 5.50. The summed E-state index contributed by atoms with van der Waals surface area (Å²) in [7, 11) is 0. The summed E-state index contributed by atoms with van der Waals surface area (Å²) in [6.07, 6.45) is 0. The fraction of sp³-hybridized carbons (Fsp3) is 0.0952. The third-order valence-electron chi connectivity index (χ3n) is 3.39. The number of carbonyl (C=O) groups excluding carboxylic acids is 1. The third kappa shape index (κ3) is 5.23. The number of aryl methyl sites for hydroxylation is 1. The lowest BCUT2D eigenvalue weighted by molar-refractivity contribution is -0.118. The lowest BCUT2D eigenvalue weighted by atomic mass is 10.2. The van der Waals surface area contributed by atoms with Crippen LogP contribution in [0.3, 0.4) is 0 Å². The van der Waals surface area contributed by atoms with Gasteiger partial charge < -0.3 is 10.1 Å². The summed E-state index contributed by atoms with van der Waals surface area (Å²) < 4.78 is 5.48. The molecule has 3 rings (SSSR count). The standard InChI is InChI=1S/C21H17NO2S/c1-16-7-10-19(11-8-16)24-15-21(23)22-18-5-2-4-17(14-18)9-12-20-6-3-13-25-20/h2-8,10-11,13-14H,15H2,1H3,(H,22,23). The van der Waals surface area contributed by atoms with Gasteiger partial charge in [0.1, 0.15) is 5.75 Å². The summed E-state index contributed by atoms with van der Waals surface area (Å²) in [5.74, 6) is 6.68. The van der Waals surface area contributed by atoms with Crippen molar-refractivity contribution in [1.29, 1.82) is 0 Å². The Balaban J connectivity index is 1.57. The first kappa shape index (κ1) is 16.8. The molecule has 0 saturated carbocycles. The Labute approximate surface area is 151 Å². The maximum Gasteiger partial charge on any atom is 0.262 e. The number of hydrogen-bond acceptors (Lipinski definition) is 3. The highest BCUT2D eigenvalue weighted by molar-refractivity contribution is 7.10. The minimum atomic E-state index is -0.205. The van der Waals surface area contributed by atoms with Gasteiger partial charge >= 0.3 is 0 Å². The first-order chi connectivity index (χ1) is 12.2. The van der Waals surface area contributed by atoms with Crippen LogP contribution in [0.5, 0.6) is 5.75 Å². The molecule has 3 nitrogen and oxygen atoms in total. The molecular formula is C21H17NO2S. The average Bonchev–Trinajstić information content (AvgIpc) is 3.13. The summed E-state index contributed by atoms with van der Waals surface area (Å²) in [5.41, 5.74) is 2.71. The second-order valence-corrected chi connectivity index (χ2v) is 6.41. The van der Waals surface area contributed by atoms with Gasteiger partial charge in [0, 0.05) is 11.3 Å². The molecule has 0 atom stereocenters. The lowest BCUT2D eigenvalue weighted by Crippen LogP contribution is -2.20. The number of rotatable bonds is 4. The zero-order valence-corrected chi connectivity index (χ0v) is 14.6. The van der Waals surface area contributed by atoms with E-state index in [-0.39, 0.29) is 12.5 Å². The minimum Gasteiger partial charge on any atom is -0.484 e. The highest BCUT2D eigenvalue weighted by Gasteiger charge is 2.04. The summed E-state index contributed by atoms with van der Waals surface area (Å²) >= 11 is 1.60. The molecule has 1 amide bonds. The molecule has 0 aliphatic rings. The van der Waals surface area contributed by atoms with E-state index in [1.165, 1.54) is 0 Å². The molecule has 3 aromatic rings. The predicted octanol–water partition coefficient (Wildman–Crippen LogP) is 4.47. The Hall–Kier alpha value is -3.03. The molecular weight excluding hydrogens is 330 g/mol. The van der Waals surface area contributed by atoms with Crippen molar-refractivity contribution >= 4 is 22.9 Å². The highest BCUT2D eigenvalue weighted by atomic mass is 32.1. The number of benzene rings is 2. The van der Waals surface area contributed by atoms with Crippen molar-refractivity contribution < 1.29 is 9.53 Å². The van der Waals surface area contributed by atoms with Crippen LogP contribution in [0.2, 0.25) is 0 Å². The van der Waals surface area contributed by atoms with E-state index in [1.54, 1.807) is 11.3 Å². The molecule has 2 aromatic carbocycles. The van der Waals surface area contributed by atoms with Gasteiger partial charge in [-0.25, -0.2) is 0 Å². The molecule has 0 aliphatic carbocycles. The fourth-order valence-electron chi connectivity index (χ4n) is 2.14. The molecule has 25 heavy (non-hydrogen) atoms. The zero-order chi connectivity index (χ0) is 17.5. The number of anilines is 1. The minimum absolute atomic E-state index is 0.0336. The number of carbonyl (C=O) groups is 1. The fourth-order valence-corrected chi connectivity index (χ4v) is 2.71. The van der Waals surface area contributed by atoms with Crippen LogP contribution in [0, 0.1) is 18.8 Å². The molecule has 0 radical (unpaired) electrons. The van der Waals surface area contributed by atoms with Crippen molar-refractivity contribution in [2.24, 2.45) is 0 Å². The molecule has 124 valence electrons. The number of thiophene rings is 1. The molecule has 4 heteroatoms. The van der Waals surface area contributed by atoms with Crippen LogP contribution < -0.4 is 10.1 Å². The van der Waals surface area contributed by atoms with E-state index >= 15 is 0 Å². The third-order valence-corrected chi connectivity index (χ3v) is 4.17. The van der Waals surface area contributed by atoms with Gasteiger partial charge in [-0.2, -0.15) is 0 Å². The number of hydrogen-bond donors (Lipinski definition) is 1. The van der Waals surface area contributed by atoms with Crippen molar-refractivity contribution in [3.05, 3.63) is 82.0 Å². The SMILES string of the molecule is Cc1ccc(OCC(=O)Nc2cccc(C#Cc3cccs3)c2)cc1. The van der Waals surface area contributed by atoms with Gasteiger partial charge in [-0.05, 0) is 48.7 Å². The van der Waals surface area contributed by atoms with E-state index in [4.69, 9.17) is 4.74 Å². The molecule has 1 aromatic heterocycles. The quantitative estimate of drug-likeness (QED) is 0.707. The van der Waals surface area contributed by atoms with Crippen LogP contribution in [-0.4, -0.2) is 12.5 Å². The van der Waals surface area contributed by atoms with E-state index in [0.717, 1.165) is 16.0 Å². The van der Waals surface area contributed by atoms with Crippen LogP contribution in [-0.2, 0) is 4.79 Å². The van der Waals surface area contributed by atoms with Crippen molar-refractivity contribution in [1.82, 2.24) is 0 Å². The van der Waals surface area contributed by atoms with Crippen LogP contribution in [0.4, 0.5) is 5.69 Å². The van der Waals surface area contributed by atoms with E-state index in [1.807, 2.05) is 73.0 Å². The van der Waals surface area contributed by atoms with Crippen molar-refractivity contribution in [3.63, 3.8) is 0 Å². The van der Waals surface area contributed by atoms with Crippen LogP contribution in [0.25, 0.3) is 0 Å². The number of ether oxygens (including phenoxy) is 1. The Bertz CT molecular complexity index is 903. The first-order valence-corrected chi connectivity index (χ1v) is 8.72. The van der Waals surface area contributed by atoms with Crippen LogP contribution in [0.1, 0.15) is 16.0 Å². The van der Waals surface area contributed by atoms with Crippen LogP contribution >= 0.6 is 11.3 Å². The monoisotopic (exact) mass is 347 g/mol. The summed E-state index contributed by atoms with van der Waals surface area (Å²) in [4.78, 5) is 13.1. The molecule has 1 N–H and O–H groups in total. The second kappa shape index (κ2) is 8.18. The molecule has 0 aliphatic heterocycles. The van der Waals surface area contributed by atoms with Crippen LogP contribution in [0.15, 0.2) is 66.0 Å². The van der Waals surface area contributed by atoms with Gasteiger partial charge in [0.2, 0.25) is 0 Å². The van der Waals surface area contributed by atoms with E-state index in [9.17, 15) is 4.79 Å². The zero-order valence-electron chi connectivity index (χ0n) is 13.8. The van der Waals surface area contributed by atoms with E-state index in [0.29, 0.717) is 11.4 Å². The maximum atomic E-state index is 12.0.